The number of aliphatic carboxylic acids is 1. The molecule has 1 aromatic rings. The second-order valence-corrected chi connectivity index (χ2v) is 8.20. The van der Waals surface area contributed by atoms with Gasteiger partial charge in [-0.25, -0.2) is 8.42 Å². The van der Waals surface area contributed by atoms with Crippen molar-refractivity contribution in [3.8, 4) is 0 Å². The van der Waals surface area contributed by atoms with Gasteiger partial charge in [0.1, 0.15) is 6.04 Å². The van der Waals surface area contributed by atoms with E-state index in [2.05, 4.69) is 4.72 Å². The van der Waals surface area contributed by atoms with Crippen LogP contribution in [0.5, 0.6) is 0 Å². The number of sulfonamides is 1. The second kappa shape index (κ2) is 6.15. The molecule has 0 aliphatic heterocycles. The highest BCUT2D eigenvalue weighted by Crippen LogP contribution is 2.23. The molecule has 0 saturated carbocycles. The average molecular weight is 313 g/mol. The third-order valence-electron chi connectivity index (χ3n) is 3.24. The van der Waals surface area contributed by atoms with Gasteiger partial charge in [-0.3, -0.25) is 4.79 Å². The highest BCUT2D eigenvalue weighted by Gasteiger charge is 2.35. The highest BCUT2D eigenvalue weighted by molar-refractivity contribution is 7.89. The molecular weight excluding hydrogens is 290 g/mol. The topological polar surface area (TPSA) is 83.5 Å². The van der Waals surface area contributed by atoms with Crippen molar-refractivity contribution in [1.29, 1.82) is 0 Å². The number of carboxylic acid groups (broad SMARTS) is 1. The van der Waals surface area contributed by atoms with Gasteiger partial charge >= 0.3 is 5.97 Å². The van der Waals surface area contributed by atoms with Crippen LogP contribution in [0.4, 0.5) is 0 Å². The minimum absolute atomic E-state index is 0.0717. The third kappa shape index (κ3) is 4.54. The maximum Gasteiger partial charge on any atom is 0.322 e. The number of rotatable bonds is 5. The minimum Gasteiger partial charge on any atom is -0.480 e. The summed E-state index contributed by atoms with van der Waals surface area (Å²) in [4.78, 5) is 11.3. The van der Waals surface area contributed by atoms with E-state index in [1.807, 2.05) is 13.8 Å². The SMILES string of the molecule is CC(C)c1ccc(S(=O)(=O)N[C@H](C(=O)O)C(C)(C)C)cc1. The molecule has 0 radical (unpaired) electrons. The maximum atomic E-state index is 12.3. The van der Waals surface area contributed by atoms with Crippen LogP contribution in [0.15, 0.2) is 29.2 Å². The molecule has 0 aliphatic rings. The summed E-state index contributed by atoms with van der Waals surface area (Å²) in [6.45, 7) is 9.06. The van der Waals surface area contributed by atoms with Gasteiger partial charge in [0.05, 0.1) is 4.90 Å². The zero-order chi connectivity index (χ0) is 16.4. The predicted molar refractivity (Wildman–Crippen MR) is 81.7 cm³/mol. The Morgan fingerprint density at radius 2 is 1.62 bits per heavy atom. The van der Waals surface area contributed by atoms with Crippen LogP contribution in [0.2, 0.25) is 0 Å². The van der Waals surface area contributed by atoms with Crippen LogP contribution in [0.1, 0.15) is 46.1 Å². The van der Waals surface area contributed by atoms with Crippen molar-refractivity contribution >= 4 is 16.0 Å². The molecule has 0 amide bonds. The van der Waals surface area contributed by atoms with E-state index >= 15 is 0 Å². The Morgan fingerprint density at radius 3 is 1.95 bits per heavy atom. The Labute approximate surface area is 126 Å². The summed E-state index contributed by atoms with van der Waals surface area (Å²) in [6.07, 6.45) is 0. The highest BCUT2D eigenvalue weighted by atomic mass is 32.2. The van der Waals surface area contributed by atoms with Crippen molar-refractivity contribution in [3.05, 3.63) is 29.8 Å². The summed E-state index contributed by atoms with van der Waals surface area (Å²) in [5, 5.41) is 9.21. The molecule has 2 N–H and O–H groups in total. The molecule has 1 atom stereocenters. The van der Waals surface area contributed by atoms with E-state index in [0.717, 1.165) is 5.56 Å². The van der Waals surface area contributed by atoms with Crippen LogP contribution in [0.3, 0.4) is 0 Å². The summed E-state index contributed by atoms with van der Waals surface area (Å²) in [7, 11) is -3.86. The van der Waals surface area contributed by atoms with Crippen LogP contribution >= 0.6 is 0 Å². The van der Waals surface area contributed by atoms with Gasteiger partial charge in [0.15, 0.2) is 0 Å². The first-order valence-electron chi connectivity index (χ1n) is 6.80. The fourth-order valence-corrected chi connectivity index (χ4v) is 3.25. The van der Waals surface area contributed by atoms with Crippen molar-refractivity contribution < 1.29 is 18.3 Å². The van der Waals surface area contributed by atoms with Crippen LogP contribution in [-0.4, -0.2) is 25.5 Å². The largest absolute Gasteiger partial charge is 0.480 e. The van der Waals surface area contributed by atoms with E-state index < -0.39 is 27.4 Å². The van der Waals surface area contributed by atoms with Crippen LogP contribution in [0, 0.1) is 5.41 Å². The van der Waals surface area contributed by atoms with Crippen molar-refractivity contribution in [2.24, 2.45) is 5.41 Å². The smallest absolute Gasteiger partial charge is 0.322 e. The van der Waals surface area contributed by atoms with Gasteiger partial charge in [-0.2, -0.15) is 4.72 Å². The lowest BCUT2D eigenvalue weighted by atomic mass is 9.88. The number of benzene rings is 1. The lowest BCUT2D eigenvalue weighted by Gasteiger charge is -2.27. The number of hydrogen-bond acceptors (Lipinski definition) is 3. The summed E-state index contributed by atoms with van der Waals surface area (Å²) in [5.74, 6) is -0.888. The maximum absolute atomic E-state index is 12.3. The normalized spacial score (nSPS) is 14.2. The molecule has 1 aromatic carbocycles. The molecule has 118 valence electrons. The van der Waals surface area contributed by atoms with E-state index in [4.69, 9.17) is 0 Å². The van der Waals surface area contributed by atoms with Gasteiger partial charge in [-0.05, 0) is 29.0 Å². The molecule has 0 saturated heterocycles. The summed E-state index contributed by atoms with van der Waals surface area (Å²) in [6, 6.07) is 5.30. The molecule has 0 spiro atoms. The monoisotopic (exact) mass is 313 g/mol. The van der Waals surface area contributed by atoms with Gasteiger partial charge in [-0.15, -0.1) is 0 Å². The average Bonchev–Trinajstić information content (AvgIpc) is 2.34. The Bertz CT molecular complexity index is 598. The molecule has 5 nitrogen and oxygen atoms in total. The Kier molecular flexibility index (Phi) is 5.17. The predicted octanol–water partition coefficient (Wildman–Crippen LogP) is 2.59. The first-order valence-corrected chi connectivity index (χ1v) is 8.28. The Balaban J connectivity index is 3.08. The molecule has 0 bridgehead atoms. The third-order valence-corrected chi connectivity index (χ3v) is 4.68. The zero-order valence-electron chi connectivity index (χ0n) is 13.0. The zero-order valence-corrected chi connectivity index (χ0v) is 13.9. The van der Waals surface area contributed by atoms with E-state index in [1.54, 1.807) is 32.9 Å². The van der Waals surface area contributed by atoms with E-state index in [-0.39, 0.29) is 4.90 Å². The van der Waals surface area contributed by atoms with Gasteiger partial charge in [0.2, 0.25) is 10.0 Å². The molecular formula is C15H23NO4S. The van der Waals surface area contributed by atoms with Crippen molar-refractivity contribution in [3.63, 3.8) is 0 Å². The van der Waals surface area contributed by atoms with Crippen LogP contribution in [0.25, 0.3) is 0 Å². The van der Waals surface area contributed by atoms with Gasteiger partial charge in [0.25, 0.3) is 0 Å². The molecule has 1 rings (SSSR count). The fraction of sp³-hybridized carbons (Fsp3) is 0.533. The molecule has 0 unspecified atom stereocenters. The number of hydrogen-bond donors (Lipinski definition) is 2. The van der Waals surface area contributed by atoms with Gasteiger partial charge in [0, 0.05) is 0 Å². The van der Waals surface area contributed by atoms with Crippen molar-refractivity contribution in [1.82, 2.24) is 4.72 Å². The number of nitrogens with one attached hydrogen (secondary N) is 1. The molecule has 0 heterocycles. The fourth-order valence-electron chi connectivity index (χ4n) is 1.85. The van der Waals surface area contributed by atoms with E-state index in [1.165, 1.54) is 12.1 Å². The van der Waals surface area contributed by atoms with Crippen LogP contribution in [-0.2, 0) is 14.8 Å². The Hall–Kier alpha value is -1.40. The van der Waals surface area contributed by atoms with Gasteiger partial charge < -0.3 is 5.11 Å². The van der Waals surface area contributed by atoms with Crippen molar-refractivity contribution in [2.75, 3.05) is 0 Å². The Morgan fingerprint density at radius 1 is 1.14 bits per heavy atom. The quantitative estimate of drug-likeness (QED) is 0.875. The number of carboxylic acids is 1. The molecule has 6 heteroatoms. The van der Waals surface area contributed by atoms with Crippen molar-refractivity contribution in [2.45, 2.75) is 51.5 Å². The van der Waals surface area contributed by atoms with Crippen LogP contribution < -0.4 is 4.72 Å². The molecule has 0 aliphatic carbocycles. The lowest BCUT2D eigenvalue weighted by Crippen LogP contribution is -2.48. The van der Waals surface area contributed by atoms with Gasteiger partial charge in [-0.1, -0.05) is 46.8 Å². The lowest BCUT2D eigenvalue weighted by molar-refractivity contribution is -0.141. The molecule has 21 heavy (non-hydrogen) atoms. The first-order chi connectivity index (χ1) is 9.45. The summed E-state index contributed by atoms with van der Waals surface area (Å²) >= 11 is 0. The number of carbonyl (C=O) groups is 1. The minimum atomic E-state index is -3.86. The summed E-state index contributed by atoms with van der Waals surface area (Å²) in [5.41, 5.74) is 0.302. The second-order valence-electron chi connectivity index (χ2n) is 6.48. The first kappa shape index (κ1) is 17.7. The van der Waals surface area contributed by atoms with E-state index in [9.17, 15) is 18.3 Å². The van der Waals surface area contributed by atoms with E-state index in [0.29, 0.717) is 5.92 Å². The standard InChI is InChI=1S/C15H23NO4S/c1-10(2)11-6-8-12(9-7-11)21(19,20)16-13(14(17)18)15(3,4)5/h6-10,13,16H,1-5H3,(H,17,18)/t13-/m1/s1. The molecule has 0 fully saturated rings. The summed E-state index contributed by atoms with van der Waals surface area (Å²) < 4.78 is 26.9. The molecule has 0 aromatic heterocycles.